The predicted molar refractivity (Wildman–Crippen MR) is 69.5 cm³/mol. The number of alkyl halides is 3. The molecule has 2 N–H and O–H groups in total. The van der Waals surface area contributed by atoms with Crippen molar-refractivity contribution in [1.82, 2.24) is 10.2 Å². The third kappa shape index (κ3) is 5.77. The van der Waals surface area contributed by atoms with Crippen LogP contribution in [-0.4, -0.2) is 50.2 Å². The van der Waals surface area contributed by atoms with Gasteiger partial charge in [-0.1, -0.05) is 18.2 Å². The maximum absolute atomic E-state index is 12.3. The van der Waals surface area contributed by atoms with Crippen molar-refractivity contribution in [2.24, 2.45) is 0 Å². The second kappa shape index (κ2) is 7.47. The van der Waals surface area contributed by atoms with Gasteiger partial charge in [0.15, 0.2) is 0 Å². The number of ether oxygens (including phenoxy) is 1. The topological polar surface area (TPSA) is 44.7 Å². The van der Waals surface area contributed by atoms with E-state index in [0.29, 0.717) is 13.1 Å². The molecule has 1 aromatic carbocycles. The summed E-state index contributed by atoms with van der Waals surface area (Å²) in [4.78, 5) is 1.93. The molecule has 0 radical (unpaired) electrons. The number of para-hydroxylation sites is 1. The van der Waals surface area contributed by atoms with E-state index in [1.165, 1.54) is 18.2 Å². The Kier molecular flexibility index (Phi) is 6.25. The molecule has 0 fully saturated rings. The van der Waals surface area contributed by atoms with E-state index in [1.54, 1.807) is 6.07 Å². The molecule has 0 saturated carbocycles. The van der Waals surface area contributed by atoms with Gasteiger partial charge >= 0.3 is 6.36 Å². The maximum atomic E-state index is 12.3. The Hall–Kier alpha value is -1.31. The molecule has 0 aliphatic heterocycles. The second-order valence-electron chi connectivity index (χ2n) is 4.58. The molecule has 0 aliphatic carbocycles. The van der Waals surface area contributed by atoms with Gasteiger partial charge in [-0.2, -0.15) is 0 Å². The molecule has 114 valence electrons. The lowest BCUT2D eigenvalue weighted by Crippen LogP contribution is -2.32. The van der Waals surface area contributed by atoms with Crippen molar-refractivity contribution < 1.29 is 23.0 Å². The number of rotatable bonds is 7. The van der Waals surface area contributed by atoms with Crippen molar-refractivity contribution in [3.05, 3.63) is 29.8 Å². The Morgan fingerprint density at radius 2 is 1.95 bits per heavy atom. The SMILES string of the molecule is CN(C)CCNC(CO)c1ccccc1OC(F)(F)F. The summed E-state index contributed by atoms with van der Waals surface area (Å²) in [6.07, 6.45) is -4.75. The first kappa shape index (κ1) is 16.7. The first-order chi connectivity index (χ1) is 9.33. The zero-order valence-corrected chi connectivity index (χ0v) is 11.4. The van der Waals surface area contributed by atoms with Crippen LogP contribution >= 0.6 is 0 Å². The summed E-state index contributed by atoms with van der Waals surface area (Å²) in [5, 5.41) is 12.4. The summed E-state index contributed by atoms with van der Waals surface area (Å²) in [5.41, 5.74) is 0.283. The number of aliphatic hydroxyl groups is 1. The van der Waals surface area contributed by atoms with Gasteiger partial charge in [-0.05, 0) is 20.2 Å². The van der Waals surface area contributed by atoms with Crippen molar-refractivity contribution in [2.45, 2.75) is 12.4 Å². The van der Waals surface area contributed by atoms with Gasteiger partial charge in [0.2, 0.25) is 0 Å². The van der Waals surface area contributed by atoms with E-state index in [4.69, 9.17) is 0 Å². The third-order valence-electron chi connectivity index (χ3n) is 2.65. The minimum absolute atomic E-state index is 0.283. The number of hydrogen-bond acceptors (Lipinski definition) is 4. The fourth-order valence-corrected chi connectivity index (χ4v) is 1.72. The molecule has 20 heavy (non-hydrogen) atoms. The van der Waals surface area contributed by atoms with Gasteiger partial charge < -0.3 is 20.1 Å². The number of halogens is 3. The van der Waals surface area contributed by atoms with Crippen LogP contribution in [0.1, 0.15) is 11.6 Å². The summed E-state index contributed by atoms with van der Waals surface area (Å²) in [5.74, 6) is -0.295. The minimum atomic E-state index is -4.75. The van der Waals surface area contributed by atoms with E-state index in [0.717, 1.165) is 0 Å². The molecule has 0 aromatic heterocycles. The minimum Gasteiger partial charge on any atom is -0.405 e. The molecule has 1 unspecified atom stereocenters. The van der Waals surface area contributed by atoms with Gasteiger partial charge in [0.1, 0.15) is 5.75 Å². The molecule has 0 amide bonds. The van der Waals surface area contributed by atoms with Crippen LogP contribution in [0.25, 0.3) is 0 Å². The van der Waals surface area contributed by atoms with Crippen LogP contribution in [0.15, 0.2) is 24.3 Å². The van der Waals surface area contributed by atoms with E-state index in [1.807, 2.05) is 19.0 Å². The molecule has 4 nitrogen and oxygen atoms in total. The molecule has 0 heterocycles. The van der Waals surface area contributed by atoms with E-state index in [2.05, 4.69) is 10.1 Å². The highest BCUT2D eigenvalue weighted by Gasteiger charge is 2.32. The quantitative estimate of drug-likeness (QED) is 0.804. The molecule has 0 aliphatic rings. The number of nitrogens with one attached hydrogen (secondary N) is 1. The largest absolute Gasteiger partial charge is 0.573 e. The van der Waals surface area contributed by atoms with Gasteiger partial charge in [-0.15, -0.1) is 13.2 Å². The van der Waals surface area contributed by atoms with Crippen LogP contribution < -0.4 is 10.1 Å². The predicted octanol–water partition coefficient (Wildman–Crippen LogP) is 1.77. The van der Waals surface area contributed by atoms with E-state index in [-0.39, 0.29) is 17.9 Å². The summed E-state index contributed by atoms with van der Waals surface area (Å²) >= 11 is 0. The van der Waals surface area contributed by atoms with Crippen molar-refractivity contribution >= 4 is 0 Å². The summed E-state index contributed by atoms with van der Waals surface area (Å²) in [7, 11) is 3.77. The van der Waals surface area contributed by atoms with E-state index >= 15 is 0 Å². The number of hydrogen-bond donors (Lipinski definition) is 2. The number of aliphatic hydroxyl groups excluding tert-OH is 1. The average Bonchev–Trinajstić information content (AvgIpc) is 2.33. The lowest BCUT2D eigenvalue weighted by Gasteiger charge is -2.21. The van der Waals surface area contributed by atoms with Crippen molar-refractivity contribution in [2.75, 3.05) is 33.8 Å². The van der Waals surface area contributed by atoms with E-state index < -0.39 is 12.4 Å². The molecule has 7 heteroatoms. The molecule has 1 atom stereocenters. The molecule has 1 aromatic rings. The fraction of sp³-hybridized carbons (Fsp3) is 0.538. The van der Waals surface area contributed by atoms with Crippen molar-refractivity contribution in [1.29, 1.82) is 0 Å². The maximum Gasteiger partial charge on any atom is 0.573 e. The molecule has 0 bridgehead atoms. The van der Waals surface area contributed by atoms with Gasteiger partial charge in [0, 0.05) is 18.7 Å². The molecular weight excluding hydrogens is 273 g/mol. The monoisotopic (exact) mass is 292 g/mol. The van der Waals surface area contributed by atoms with Crippen LogP contribution in [-0.2, 0) is 0 Å². The van der Waals surface area contributed by atoms with Crippen molar-refractivity contribution in [3.63, 3.8) is 0 Å². The first-order valence-corrected chi connectivity index (χ1v) is 6.17. The zero-order chi connectivity index (χ0) is 15.2. The summed E-state index contributed by atoms with van der Waals surface area (Å²) in [6, 6.07) is 5.20. The van der Waals surface area contributed by atoms with Gasteiger partial charge in [0.25, 0.3) is 0 Å². The highest BCUT2D eigenvalue weighted by Crippen LogP contribution is 2.30. The molecule has 0 saturated heterocycles. The number of likely N-dealkylation sites (N-methyl/N-ethyl adjacent to an activating group) is 1. The summed E-state index contributed by atoms with van der Waals surface area (Å²) in [6.45, 7) is 0.934. The standard InChI is InChI=1S/C13H19F3N2O2/c1-18(2)8-7-17-11(9-19)10-5-3-4-6-12(10)20-13(14,15)16/h3-6,11,17,19H,7-9H2,1-2H3. The normalized spacial score (nSPS) is 13.6. The zero-order valence-electron chi connectivity index (χ0n) is 11.4. The van der Waals surface area contributed by atoms with Gasteiger partial charge in [-0.25, -0.2) is 0 Å². The Morgan fingerprint density at radius 3 is 2.50 bits per heavy atom. The Balaban J connectivity index is 2.80. The lowest BCUT2D eigenvalue weighted by atomic mass is 10.1. The molecular formula is C13H19F3N2O2. The van der Waals surface area contributed by atoms with Crippen molar-refractivity contribution in [3.8, 4) is 5.75 Å². The number of benzene rings is 1. The van der Waals surface area contributed by atoms with Gasteiger partial charge in [-0.3, -0.25) is 0 Å². The van der Waals surface area contributed by atoms with Gasteiger partial charge in [0.05, 0.1) is 12.6 Å². The first-order valence-electron chi connectivity index (χ1n) is 6.17. The Labute approximate surface area is 116 Å². The lowest BCUT2D eigenvalue weighted by molar-refractivity contribution is -0.275. The highest BCUT2D eigenvalue weighted by atomic mass is 19.4. The van der Waals surface area contributed by atoms with Crippen LogP contribution in [0.3, 0.4) is 0 Å². The van der Waals surface area contributed by atoms with Crippen LogP contribution in [0, 0.1) is 0 Å². The fourth-order valence-electron chi connectivity index (χ4n) is 1.72. The molecule has 0 spiro atoms. The molecule has 1 rings (SSSR count). The number of nitrogens with zero attached hydrogens (tertiary/aromatic N) is 1. The highest BCUT2D eigenvalue weighted by molar-refractivity contribution is 5.36. The van der Waals surface area contributed by atoms with Crippen LogP contribution in [0.5, 0.6) is 5.75 Å². The Bertz CT molecular complexity index is 411. The smallest absolute Gasteiger partial charge is 0.405 e. The average molecular weight is 292 g/mol. The third-order valence-corrected chi connectivity index (χ3v) is 2.65. The van der Waals surface area contributed by atoms with Crippen LogP contribution in [0.4, 0.5) is 13.2 Å². The van der Waals surface area contributed by atoms with E-state index in [9.17, 15) is 18.3 Å². The Morgan fingerprint density at radius 1 is 1.30 bits per heavy atom. The van der Waals surface area contributed by atoms with Crippen LogP contribution in [0.2, 0.25) is 0 Å². The second-order valence-corrected chi connectivity index (χ2v) is 4.58. The summed E-state index contributed by atoms with van der Waals surface area (Å²) < 4.78 is 41.0.